The van der Waals surface area contributed by atoms with Crippen molar-refractivity contribution in [1.82, 2.24) is 19.3 Å². The second-order valence-electron chi connectivity index (χ2n) is 8.02. The van der Waals surface area contributed by atoms with E-state index < -0.39 is 10.0 Å². The third kappa shape index (κ3) is 5.74. The molecule has 0 saturated carbocycles. The molecule has 13 heteroatoms. The first kappa shape index (κ1) is 24.9. The molecule has 0 atom stereocenters. The summed E-state index contributed by atoms with van der Waals surface area (Å²) in [7, 11) is 1.39. The molecule has 2 aliphatic heterocycles. The first-order valence-electron chi connectivity index (χ1n) is 11.1. The van der Waals surface area contributed by atoms with Crippen molar-refractivity contribution in [3.05, 3.63) is 24.0 Å². The van der Waals surface area contributed by atoms with Gasteiger partial charge in [-0.1, -0.05) is 6.08 Å². The predicted molar refractivity (Wildman–Crippen MR) is 131 cm³/mol. The summed E-state index contributed by atoms with van der Waals surface area (Å²) in [4.78, 5) is 16.0. The van der Waals surface area contributed by atoms with Crippen LogP contribution in [-0.2, 0) is 14.8 Å². The van der Waals surface area contributed by atoms with E-state index >= 15 is 0 Å². The molecule has 1 aromatic carbocycles. The number of anilines is 3. The Hall–Kier alpha value is -3.16. The van der Waals surface area contributed by atoms with E-state index in [2.05, 4.69) is 15.3 Å². The van der Waals surface area contributed by atoms with Crippen molar-refractivity contribution in [1.29, 1.82) is 0 Å². The Morgan fingerprint density at radius 2 is 1.66 bits per heavy atom. The van der Waals surface area contributed by atoms with Crippen molar-refractivity contribution >= 4 is 33.2 Å². The SMILES string of the molecule is COc1cc(Nc2nc(C3=CCN(S(C)(=O)=O)CC3)nc(N3CCOCC3)n2)cc(OC)c1OC. The quantitative estimate of drug-likeness (QED) is 0.560. The van der Waals surface area contributed by atoms with Crippen molar-refractivity contribution in [3.8, 4) is 17.2 Å². The largest absolute Gasteiger partial charge is 0.493 e. The number of morpholine rings is 1. The van der Waals surface area contributed by atoms with E-state index in [-0.39, 0.29) is 6.54 Å². The zero-order valence-corrected chi connectivity index (χ0v) is 21.1. The molecular weight excluding hydrogens is 476 g/mol. The second kappa shape index (κ2) is 10.6. The highest BCUT2D eigenvalue weighted by molar-refractivity contribution is 7.88. The van der Waals surface area contributed by atoms with Crippen molar-refractivity contribution in [3.63, 3.8) is 0 Å². The molecule has 1 saturated heterocycles. The summed E-state index contributed by atoms with van der Waals surface area (Å²) < 4.78 is 47.0. The Bertz CT molecular complexity index is 1170. The van der Waals surface area contributed by atoms with E-state index in [9.17, 15) is 8.42 Å². The number of nitrogens with zero attached hydrogens (tertiary/aromatic N) is 5. The lowest BCUT2D eigenvalue weighted by molar-refractivity contribution is 0.122. The molecule has 0 radical (unpaired) electrons. The number of ether oxygens (including phenoxy) is 4. The van der Waals surface area contributed by atoms with E-state index in [1.54, 1.807) is 33.5 Å². The molecule has 2 aliphatic rings. The minimum Gasteiger partial charge on any atom is -0.493 e. The lowest BCUT2D eigenvalue weighted by atomic mass is 10.1. The van der Waals surface area contributed by atoms with Gasteiger partial charge in [0, 0.05) is 44.0 Å². The van der Waals surface area contributed by atoms with Crippen LogP contribution in [-0.4, -0.2) is 94.7 Å². The van der Waals surface area contributed by atoms with Gasteiger partial charge in [-0.15, -0.1) is 0 Å². The number of hydrogen-bond donors (Lipinski definition) is 1. The molecule has 0 spiro atoms. The molecule has 2 aromatic rings. The van der Waals surface area contributed by atoms with E-state index in [1.165, 1.54) is 10.6 Å². The molecule has 1 fully saturated rings. The Kier molecular flexibility index (Phi) is 7.57. The molecule has 12 nitrogen and oxygen atoms in total. The fourth-order valence-corrected chi connectivity index (χ4v) is 4.67. The summed E-state index contributed by atoms with van der Waals surface area (Å²) in [6.45, 7) is 3.15. The normalized spacial score (nSPS) is 17.0. The van der Waals surface area contributed by atoms with Crippen LogP contribution in [0.1, 0.15) is 12.2 Å². The van der Waals surface area contributed by atoms with Gasteiger partial charge in [-0.2, -0.15) is 19.3 Å². The number of sulfonamides is 1. The van der Waals surface area contributed by atoms with E-state index in [4.69, 9.17) is 23.9 Å². The lowest BCUT2D eigenvalue weighted by Crippen LogP contribution is -2.38. The summed E-state index contributed by atoms with van der Waals surface area (Å²) in [6, 6.07) is 3.53. The Morgan fingerprint density at radius 1 is 0.971 bits per heavy atom. The number of benzene rings is 1. The predicted octanol–water partition coefficient (Wildman–Crippen LogP) is 1.53. The van der Waals surface area contributed by atoms with Gasteiger partial charge in [0.1, 0.15) is 0 Å². The second-order valence-corrected chi connectivity index (χ2v) is 10.0. The fraction of sp³-hybridized carbons (Fsp3) is 0.500. The van der Waals surface area contributed by atoms with Crippen LogP contribution in [0.5, 0.6) is 17.2 Å². The van der Waals surface area contributed by atoms with Crippen LogP contribution in [0.25, 0.3) is 5.57 Å². The van der Waals surface area contributed by atoms with Gasteiger partial charge in [0.15, 0.2) is 17.3 Å². The standard InChI is InChI=1S/C22H30N6O6S/c1-31-17-13-16(14-18(32-2)19(17)33-3)23-21-24-20(15-5-7-28(8-6-15)35(4,29)30)25-22(26-21)27-9-11-34-12-10-27/h5,13-14H,6-12H2,1-4H3,(H,23,24,25,26). The molecule has 35 heavy (non-hydrogen) atoms. The van der Waals surface area contributed by atoms with Crippen LogP contribution in [0.3, 0.4) is 0 Å². The third-order valence-corrected chi connectivity index (χ3v) is 7.04. The number of methoxy groups -OCH3 is 3. The molecule has 0 unspecified atom stereocenters. The maximum atomic E-state index is 11.9. The number of rotatable bonds is 8. The molecule has 1 aromatic heterocycles. The van der Waals surface area contributed by atoms with Gasteiger partial charge in [0.05, 0.1) is 40.8 Å². The van der Waals surface area contributed by atoms with Crippen LogP contribution in [0.15, 0.2) is 18.2 Å². The first-order valence-corrected chi connectivity index (χ1v) is 13.0. The zero-order valence-electron chi connectivity index (χ0n) is 20.3. The molecular formula is C22H30N6O6S. The van der Waals surface area contributed by atoms with E-state index in [0.29, 0.717) is 79.9 Å². The van der Waals surface area contributed by atoms with Crippen LogP contribution < -0.4 is 24.4 Å². The van der Waals surface area contributed by atoms with Gasteiger partial charge < -0.3 is 29.2 Å². The number of hydrogen-bond acceptors (Lipinski definition) is 11. The van der Waals surface area contributed by atoms with Gasteiger partial charge in [0.25, 0.3) is 0 Å². The molecule has 0 amide bonds. The van der Waals surface area contributed by atoms with Crippen molar-refractivity contribution in [2.75, 3.05) is 77.2 Å². The Balaban J connectivity index is 1.70. The van der Waals surface area contributed by atoms with Crippen LogP contribution in [0.4, 0.5) is 17.6 Å². The highest BCUT2D eigenvalue weighted by atomic mass is 32.2. The number of nitrogens with one attached hydrogen (secondary N) is 1. The summed E-state index contributed by atoms with van der Waals surface area (Å²) in [5.41, 5.74) is 1.51. The van der Waals surface area contributed by atoms with Gasteiger partial charge in [0.2, 0.25) is 27.7 Å². The Morgan fingerprint density at radius 3 is 2.20 bits per heavy atom. The van der Waals surface area contributed by atoms with E-state index in [1.807, 2.05) is 11.0 Å². The minimum atomic E-state index is -3.26. The van der Waals surface area contributed by atoms with Gasteiger partial charge in [-0.25, -0.2) is 8.42 Å². The fourth-order valence-electron chi connectivity index (χ4n) is 3.91. The van der Waals surface area contributed by atoms with Gasteiger partial charge in [-0.3, -0.25) is 0 Å². The van der Waals surface area contributed by atoms with Crippen LogP contribution in [0.2, 0.25) is 0 Å². The molecule has 0 bridgehead atoms. The van der Waals surface area contributed by atoms with Crippen LogP contribution >= 0.6 is 0 Å². The summed E-state index contributed by atoms with van der Waals surface area (Å²) >= 11 is 0. The van der Waals surface area contributed by atoms with Crippen molar-refractivity contribution in [2.24, 2.45) is 0 Å². The molecule has 1 N–H and O–H groups in total. The summed E-state index contributed by atoms with van der Waals surface area (Å²) in [5.74, 6) is 2.84. The van der Waals surface area contributed by atoms with Crippen LogP contribution in [0, 0.1) is 0 Å². The van der Waals surface area contributed by atoms with Gasteiger partial charge in [-0.05, 0) is 12.0 Å². The first-order chi connectivity index (χ1) is 16.8. The molecule has 0 aliphatic carbocycles. The van der Waals surface area contributed by atoms with E-state index in [0.717, 1.165) is 5.57 Å². The zero-order chi connectivity index (χ0) is 25.0. The highest BCUT2D eigenvalue weighted by Gasteiger charge is 2.24. The average Bonchev–Trinajstić information content (AvgIpc) is 2.88. The highest BCUT2D eigenvalue weighted by Crippen LogP contribution is 2.40. The lowest BCUT2D eigenvalue weighted by Gasteiger charge is -2.28. The van der Waals surface area contributed by atoms with Crippen molar-refractivity contribution in [2.45, 2.75) is 6.42 Å². The Labute approximate surface area is 204 Å². The maximum absolute atomic E-state index is 11.9. The number of aromatic nitrogens is 3. The van der Waals surface area contributed by atoms with Crippen molar-refractivity contribution < 1.29 is 27.4 Å². The molecule has 3 heterocycles. The average molecular weight is 507 g/mol. The summed E-state index contributed by atoms with van der Waals surface area (Å²) in [6.07, 6.45) is 3.57. The third-order valence-electron chi connectivity index (χ3n) is 5.77. The monoisotopic (exact) mass is 506 g/mol. The molecule has 190 valence electrons. The molecule has 4 rings (SSSR count). The van der Waals surface area contributed by atoms with Gasteiger partial charge >= 0.3 is 0 Å². The minimum absolute atomic E-state index is 0.280. The maximum Gasteiger partial charge on any atom is 0.232 e. The summed E-state index contributed by atoms with van der Waals surface area (Å²) in [5, 5.41) is 3.23. The smallest absolute Gasteiger partial charge is 0.232 e. The topological polar surface area (TPSA) is 128 Å².